The molecule has 0 spiro atoms. The van der Waals surface area contributed by atoms with Gasteiger partial charge in [0.05, 0.1) is 11.6 Å². The van der Waals surface area contributed by atoms with Crippen LogP contribution in [0.2, 0.25) is 0 Å². The Balaban J connectivity index is 0.000000713. The molecule has 1 rings (SSSR count). The number of ether oxygens (including phenoxy) is 1. The molecule has 0 bridgehead atoms. The van der Waals surface area contributed by atoms with Gasteiger partial charge in [-0.05, 0) is 18.6 Å². The molecule has 5 N–H and O–H groups in total. The molecule has 0 saturated heterocycles. The Bertz CT molecular complexity index is 705. The van der Waals surface area contributed by atoms with Crippen molar-refractivity contribution in [3.63, 3.8) is 0 Å². The zero-order chi connectivity index (χ0) is 21.1. The highest BCUT2D eigenvalue weighted by Crippen LogP contribution is 2.20. The first-order valence-corrected chi connectivity index (χ1v) is 9.17. The molecule has 0 aromatic heterocycles. The standard InChI is InChI=1S/C14H21N3O2.CHF3O3S/c1-2-3-9-12(17-14(15)16)10-19-13(18)11-7-5-4-6-8-11;2-1(3,4)8(5,6)7/h4-8,12H,2-3,9-10H2,1H3,(H4,15,16,17);(H,5,6,7). The molecule has 8 nitrogen and oxygen atoms in total. The number of hydrogen-bond acceptors (Lipinski definition) is 5. The summed E-state index contributed by atoms with van der Waals surface area (Å²) < 4.78 is 62.8. The number of nitrogens with zero attached hydrogens (tertiary/aromatic N) is 1. The van der Waals surface area contributed by atoms with Crippen LogP contribution >= 0.6 is 0 Å². The highest BCUT2D eigenvalue weighted by atomic mass is 32.2. The van der Waals surface area contributed by atoms with Gasteiger partial charge in [-0.25, -0.2) is 9.79 Å². The summed E-state index contributed by atoms with van der Waals surface area (Å²) in [7, 11) is -5.84. The average Bonchev–Trinajstić information content (AvgIpc) is 2.56. The minimum atomic E-state index is -5.84. The predicted molar refractivity (Wildman–Crippen MR) is 93.5 cm³/mol. The zero-order valence-corrected chi connectivity index (χ0v) is 15.3. The van der Waals surface area contributed by atoms with Crippen LogP contribution in [0.5, 0.6) is 0 Å². The van der Waals surface area contributed by atoms with Crippen LogP contribution in [0.1, 0.15) is 36.5 Å². The van der Waals surface area contributed by atoms with E-state index < -0.39 is 15.6 Å². The van der Waals surface area contributed by atoms with Gasteiger partial charge in [-0.3, -0.25) is 4.55 Å². The van der Waals surface area contributed by atoms with Crippen molar-refractivity contribution in [3.05, 3.63) is 35.9 Å². The number of alkyl halides is 3. The molecule has 0 aliphatic heterocycles. The normalized spacial score (nSPS) is 12.3. The molecule has 154 valence electrons. The van der Waals surface area contributed by atoms with E-state index in [4.69, 9.17) is 29.2 Å². The summed E-state index contributed by atoms with van der Waals surface area (Å²) in [5.41, 5.74) is 5.73. The largest absolute Gasteiger partial charge is 0.522 e. The molecule has 1 unspecified atom stereocenters. The highest BCUT2D eigenvalue weighted by Gasteiger charge is 2.44. The summed E-state index contributed by atoms with van der Waals surface area (Å²) in [6, 6.07) is 8.69. The number of hydrogen-bond donors (Lipinski definition) is 3. The number of rotatable bonds is 7. The van der Waals surface area contributed by atoms with Crippen LogP contribution in [-0.2, 0) is 14.9 Å². The molecule has 0 aliphatic carbocycles. The van der Waals surface area contributed by atoms with E-state index >= 15 is 0 Å². The molecule has 0 radical (unpaired) electrons. The van der Waals surface area contributed by atoms with Crippen molar-refractivity contribution in [1.29, 1.82) is 0 Å². The van der Waals surface area contributed by atoms with E-state index in [0.29, 0.717) is 5.56 Å². The minimum absolute atomic E-state index is 0.0249. The Labute approximate surface area is 155 Å². The fourth-order valence-corrected chi connectivity index (χ4v) is 1.67. The van der Waals surface area contributed by atoms with Crippen LogP contribution in [0.15, 0.2) is 35.3 Å². The molecule has 1 aromatic rings. The van der Waals surface area contributed by atoms with Gasteiger partial charge in [0.2, 0.25) is 0 Å². The number of guanidine groups is 1. The van der Waals surface area contributed by atoms with Gasteiger partial charge in [0.25, 0.3) is 0 Å². The number of esters is 1. The first-order valence-electron chi connectivity index (χ1n) is 7.73. The van der Waals surface area contributed by atoms with E-state index in [0.717, 1.165) is 19.3 Å². The summed E-state index contributed by atoms with van der Waals surface area (Å²) in [5, 5.41) is 0. The van der Waals surface area contributed by atoms with Crippen LogP contribution in [0.25, 0.3) is 0 Å². The molecular weight excluding hydrogens is 391 g/mol. The van der Waals surface area contributed by atoms with E-state index in [2.05, 4.69) is 11.9 Å². The number of halogens is 3. The number of benzene rings is 1. The summed E-state index contributed by atoms with van der Waals surface area (Å²) in [6.45, 7) is 2.29. The third-order valence-corrected chi connectivity index (χ3v) is 3.52. The lowest BCUT2D eigenvalue weighted by atomic mass is 10.1. The summed E-state index contributed by atoms with van der Waals surface area (Å²) in [4.78, 5) is 15.9. The average molecular weight is 413 g/mol. The first kappa shape index (κ1) is 24.7. The summed E-state index contributed by atoms with van der Waals surface area (Å²) >= 11 is 0. The maximum atomic E-state index is 11.8. The Morgan fingerprint density at radius 3 is 2.19 bits per heavy atom. The van der Waals surface area contributed by atoms with Crippen molar-refractivity contribution < 1.29 is 35.7 Å². The van der Waals surface area contributed by atoms with Crippen molar-refractivity contribution in [1.82, 2.24) is 0 Å². The molecule has 0 amide bonds. The second-order valence-corrected chi connectivity index (χ2v) is 6.65. The summed E-state index contributed by atoms with van der Waals surface area (Å²) in [6.07, 6.45) is 2.84. The number of unbranched alkanes of at least 4 members (excludes halogenated alkanes) is 1. The molecule has 0 aliphatic rings. The SMILES string of the molecule is CCCCC(COC(=O)c1ccccc1)N=C(N)N.O=S(=O)(O)C(F)(F)F. The second-order valence-electron chi connectivity index (χ2n) is 5.24. The fourth-order valence-electron chi connectivity index (χ4n) is 1.67. The molecule has 12 heteroatoms. The smallest absolute Gasteiger partial charge is 0.460 e. The van der Waals surface area contributed by atoms with Crippen LogP contribution in [0.3, 0.4) is 0 Å². The van der Waals surface area contributed by atoms with Gasteiger partial charge in [-0.15, -0.1) is 0 Å². The monoisotopic (exact) mass is 413 g/mol. The Morgan fingerprint density at radius 2 is 1.78 bits per heavy atom. The number of aliphatic imine (C=N–C) groups is 1. The quantitative estimate of drug-likeness (QED) is 0.204. The number of carbonyl (C=O) groups excluding carboxylic acids is 1. The molecular formula is C15H22F3N3O5S. The summed E-state index contributed by atoms with van der Waals surface area (Å²) in [5.74, 6) is -0.329. The third kappa shape index (κ3) is 11.1. The number of carbonyl (C=O) groups is 1. The molecule has 0 heterocycles. The predicted octanol–water partition coefficient (Wildman–Crippen LogP) is 2.07. The van der Waals surface area contributed by atoms with Gasteiger partial charge in [0, 0.05) is 0 Å². The van der Waals surface area contributed by atoms with Crippen molar-refractivity contribution in [2.24, 2.45) is 16.5 Å². The fraction of sp³-hybridized carbons (Fsp3) is 0.467. The number of nitrogens with two attached hydrogens (primary N) is 2. The molecule has 27 heavy (non-hydrogen) atoms. The van der Waals surface area contributed by atoms with Crippen molar-refractivity contribution in [3.8, 4) is 0 Å². The van der Waals surface area contributed by atoms with Gasteiger partial charge in [0.15, 0.2) is 5.96 Å². The Morgan fingerprint density at radius 1 is 1.26 bits per heavy atom. The van der Waals surface area contributed by atoms with Crippen molar-refractivity contribution in [2.45, 2.75) is 37.7 Å². The maximum Gasteiger partial charge on any atom is 0.522 e. The lowest BCUT2D eigenvalue weighted by Gasteiger charge is -2.13. The van der Waals surface area contributed by atoms with Crippen LogP contribution < -0.4 is 11.5 Å². The van der Waals surface area contributed by atoms with Crippen molar-refractivity contribution >= 4 is 22.0 Å². The third-order valence-electron chi connectivity index (χ3n) is 2.93. The lowest BCUT2D eigenvalue weighted by molar-refractivity contribution is -0.0510. The zero-order valence-electron chi connectivity index (χ0n) is 14.5. The molecule has 0 saturated carbocycles. The van der Waals surface area contributed by atoms with Gasteiger partial charge >= 0.3 is 21.6 Å². The van der Waals surface area contributed by atoms with E-state index in [1.807, 2.05) is 6.07 Å². The maximum absolute atomic E-state index is 11.8. The molecule has 0 fully saturated rings. The van der Waals surface area contributed by atoms with Crippen molar-refractivity contribution in [2.75, 3.05) is 6.61 Å². The van der Waals surface area contributed by atoms with E-state index in [1.54, 1.807) is 24.3 Å². The highest BCUT2D eigenvalue weighted by molar-refractivity contribution is 7.86. The second kappa shape index (κ2) is 11.4. The van der Waals surface area contributed by atoms with E-state index in [9.17, 15) is 18.0 Å². The van der Waals surface area contributed by atoms with Gasteiger partial charge in [-0.2, -0.15) is 21.6 Å². The van der Waals surface area contributed by atoms with Gasteiger partial charge in [-0.1, -0.05) is 38.0 Å². The van der Waals surface area contributed by atoms with Gasteiger partial charge in [0.1, 0.15) is 6.61 Å². The van der Waals surface area contributed by atoms with Gasteiger partial charge < -0.3 is 16.2 Å². The van der Waals surface area contributed by atoms with Crippen LogP contribution in [-0.4, -0.2) is 43.1 Å². The van der Waals surface area contributed by atoms with Crippen LogP contribution in [0, 0.1) is 0 Å². The molecule has 1 aromatic carbocycles. The molecule has 1 atom stereocenters. The lowest BCUT2D eigenvalue weighted by Crippen LogP contribution is -2.28. The Hall–Kier alpha value is -2.34. The Kier molecular flexibility index (Phi) is 10.4. The topological polar surface area (TPSA) is 145 Å². The first-order chi connectivity index (χ1) is 12.4. The van der Waals surface area contributed by atoms with Crippen LogP contribution in [0.4, 0.5) is 13.2 Å². The minimum Gasteiger partial charge on any atom is -0.460 e. The van der Waals surface area contributed by atoms with E-state index in [-0.39, 0.29) is 24.6 Å². The van der Waals surface area contributed by atoms with E-state index in [1.165, 1.54) is 0 Å².